The molecule has 1 rings (SSSR count). The van der Waals surface area contributed by atoms with Crippen LogP contribution in [0.1, 0.15) is 0 Å². The van der Waals surface area contributed by atoms with E-state index in [0.717, 1.165) is 0 Å². The maximum absolute atomic E-state index is 10.4. The van der Waals surface area contributed by atoms with Crippen LogP contribution in [0, 0.1) is 0 Å². The maximum atomic E-state index is 10.4. The molecule has 0 amide bonds. The van der Waals surface area contributed by atoms with Crippen LogP contribution < -0.4 is 0 Å². The van der Waals surface area contributed by atoms with Crippen LogP contribution in [0.15, 0.2) is 0 Å². The second kappa shape index (κ2) is 7.17. The first-order chi connectivity index (χ1) is 8.20. The van der Waals surface area contributed by atoms with Crippen LogP contribution in [0.5, 0.6) is 0 Å². The zero-order valence-corrected chi connectivity index (χ0v) is 13.4. The van der Waals surface area contributed by atoms with Crippen molar-refractivity contribution in [2.45, 2.75) is 36.4 Å². The molecular formula is C12H28ClN3O3. The van der Waals surface area contributed by atoms with Crippen molar-refractivity contribution in [3.63, 3.8) is 0 Å². The van der Waals surface area contributed by atoms with Crippen molar-refractivity contribution in [1.29, 1.82) is 0 Å². The molecule has 3 N–H and O–H groups in total. The van der Waals surface area contributed by atoms with Gasteiger partial charge in [0, 0.05) is 0 Å². The molecule has 0 aromatic rings. The monoisotopic (exact) mass is 297 g/mol. The predicted octanol–water partition coefficient (Wildman–Crippen LogP) is -1.70. The number of rotatable bonds is 3. The van der Waals surface area contributed by atoms with Gasteiger partial charge < -0.3 is 30.0 Å². The molecule has 0 aromatic carbocycles. The normalized spacial score (nSPS) is 39.8. The average Bonchev–Trinajstić information content (AvgIpc) is 2.14. The lowest BCUT2D eigenvalue weighted by atomic mass is 9.78. The van der Waals surface area contributed by atoms with Gasteiger partial charge in [-0.25, -0.2) is 0 Å². The van der Waals surface area contributed by atoms with Gasteiger partial charge in [-0.05, 0) is 42.3 Å². The first-order valence-electron chi connectivity index (χ1n) is 6.23. The predicted molar refractivity (Wildman–Crippen MR) is 77.7 cm³/mol. The molecule has 0 radical (unpaired) electrons. The summed E-state index contributed by atoms with van der Waals surface area (Å²) >= 11 is 0. The Hall–Kier alpha value is 0.0500. The zero-order chi connectivity index (χ0) is 14.2. The molecule has 0 atom stereocenters. The van der Waals surface area contributed by atoms with Crippen molar-refractivity contribution >= 4 is 12.4 Å². The van der Waals surface area contributed by atoms with E-state index in [9.17, 15) is 15.3 Å². The fourth-order valence-electron chi connectivity index (χ4n) is 3.04. The highest BCUT2D eigenvalue weighted by Crippen LogP contribution is 2.28. The van der Waals surface area contributed by atoms with Gasteiger partial charge in [-0.15, -0.1) is 12.4 Å². The van der Waals surface area contributed by atoms with Crippen LogP contribution in [0.2, 0.25) is 0 Å². The number of halogens is 1. The van der Waals surface area contributed by atoms with Crippen LogP contribution >= 0.6 is 12.4 Å². The summed E-state index contributed by atoms with van der Waals surface area (Å²) in [5.41, 5.74) is 0. The molecule has 1 aliphatic carbocycles. The van der Waals surface area contributed by atoms with E-state index in [4.69, 9.17) is 0 Å². The average molecular weight is 298 g/mol. The molecule has 6 nitrogen and oxygen atoms in total. The lowest BCUT2D eigenvalue weighted by molar-refractivity contribution is -0.160. The first-order valence-corrected chi connectivity index (χ1v) is 6.23. The van der Waals surface area contributed by atoms with E-state index in [1.165, 1.54) is 0 Å². The minimum absolute atomic E-state index is 0. The summed E-state index contributed by atoms with van der Waals surface area (Å²) < 4.78 is 0. The van der Waals surface area contributed by atoms with Crippen LogP contribution in [0.4, 0.5) is 0 Å². The molecule has 0 aromatic heterocycles. The van der Waals surface area contributed by atoms with E-state index >= 15 is 0 Å². The quantitative estimate of drug-likeness (QED) is 0.577. The third-order valence-electron chi connectivity index (χ3n) is 3.89. The first kappa shape index (κ1) is 19.1. The molecule has 1 saturated carbocycles. The molecule has 0 unspecified atom stereocenters. The summed E-state index contributed by atoms with van der Waals surface area (Å²) in [7, 11) is 11.0. The van der Waals surface area contributed by atoms with Crippen LogP contribution in [-0.4, -0.2) is 109 Å². The Bertz CT molecular complexity index is 224. The van der Waals surface area contributed by atoms with E-state index in [1.54, 1.807) is 0 Å². The number of likely N-dealkylation sites (N-methyl/N-ethyl adjacent to an activating group) is 3. The summed E-state index contributed by atoms with van der Waals surface area (Å²) in [5, 5.41) is 31.2. The number of nitrogens with zero attached hydrogens (tertiary/aromatic N) is 3. The highest BCUT2D eigenvalue weighted by Gasteiger charge is 2.51. The van der Waals surface area contributed by atoms with E-state index in [1.807, 2.05) is 57.0 Å². The Kier molecular flexibility index (Phi) is 7.19. The minimum atomic E-state index is -0.795. The molecule has 0 saturated heterocycles. The third-order valence-corrected chi connectivity index (χ3v) is 3.89. The van der Waals surface area contributed by atoms with Gasteiger partial charge in [0.05, 0.1) is 36.4 Å². The number of hydrogen-bond acceptors (Lipinski definition) is 6. The van der Waals surface area contributed by atoms with Crippen LogP contribution in [0.3, 0.4) is 0 Å². The summed E-state index contributed by atoms with van der Waals surface area (Å²) in [6.07, 6.45) is -2.39. The fraction of sp³-hybridized carbons (Fsp3) is 1.00. The van der Waals surface area contributed by atoms with Crippen molar-refractivity contribution in [3.8, 4) is 0 Å². The summed E-state index contributed by atoms with van der Waals surface area (Å²) in [5.74, 6) is 0. The number of hydrogen-bond donors (Lipinski definition) is 3. The molecule has 0 bridgehead atoms. The molecule has 0 spiro atoms. The van der Waals surface area contributed by atoms with Crippen LogP contribution in [-0.2, 0) is 0 Å². The second-order valence-electron chi connectivity index (χ2n) is 5.83. The maximum Gasteiger partial charge on any atom is 0.0901 e. The fourth-order valence-corrected chi connectivity index (χ4v) is 3.04. The van der Waals surface area contributed by atoms with Gasteiger partial charge in [-0.1, -0.05) is 0 Å². The summed E-state index contributed by atoms with van der Waals surface area (Å²) in [6.45, 7) is 0. The molecule has 1 aliphatic rings. The number of aliphatic hydroxyl groups excluding tert-OH is 3. The van der Waals surface area contributed by atoms with Gasteiger partial charge in [0.15, 0.2) is 0 Å². The van der Waals surface area contributed by atoms with Gasteiger partial charge in [0.2, 0.25) is 0 Å². The van der Waals surface area contributed by atoms with E-state index < -0.39 is 36.4 Å². The molecule has 116 valence electrons. The largest absolute Gasteiger partial charge is 0.390 e. The topological polar surface area (TPSA) is 70.4 Å². The summed E-state index contributed by atoms with van der Waals surface area (Å²) in [6, 6.07) is -1.19. The van der Waals surface area contributed by atoms with Gasteiger partial charge in [0.1, 0.15) is 0 Å². The minimum Gasteiger partial charge on any atom is -0.390 e. The molecule has 7 heteroatoms. The van der Waals surface area contributed by atoms with Crippen molar-refractivity contribution in [3.05, 3.63) is 0 Å². The Balaban J connectivity index is 0.00000324. The molecule has 0 heterocycles. The van der Waals surface area contributed by atoms with Gasteiger partial charge in [-0.3, -0.25) is 0 Å². The van der Waals surface area contributed by atoms with E-state index in [2.05, 4.69) is 0 Å². The van der Waals surface area contributed by atoms with E-state index in [-0.39, 0.29) is 12.4 Å². The number of aliphatic hydroxyl groups is 3. The van der Waals surface area contributed by atoms with Crippen molar-refractivity contribution in [2.75, 3.05) is 42.3 Å². The standard InChI is InChI=1S/C12H27N3O3.ClH/c1-13(2)7-10(16)8(14(3)4)12(18)9(11(7)17)15(5)6;/h7-12,16-18H,1-6H3;1H. The van der Waals surface area contributed by atoms with Gasteiger partial charge in [-0.2, -0.15) is 0 Å². The Morgan fingerprint density at radius 3 is 0.789 bits per heavy atom. The lowest BCUT2D eigenvalue weighted by Crippen LogP contribution is -2.72. The smallest absolute Gasteiger partial charge is 0.0901 e. The zero-order valence-electron chi connectivity index (χ0n) is 12.6. The van der Waals surface area contributed by atoms with Crippen LogP contribution in [0.25, 0.3) is 0 Å². The van der Waals surface area contributed by atoms with Gasteiger partial charge in [0.25, 0.3) is 0 Å². The van der Waals surface area contributed by atoms with E-state index in [0.29, 0.717) is 0 Å². The summed E-state index contributed by atoms with van der Waals surface area (Å²) in [4.78, 5) is 5.44. The Morgan fingerprint density at radius 1 is 0.526 bits per heavy atom. The van der Waals surface area contributed by atoms with Crippen molar-refractivity contribution in [2.24, 2.45) is 0 Å². The lowest BCUT2D eigenvalue weighted by Gasteiger charge is -2.51. The second-order valence-corrected chi connectivity index (χ2v) is 5.83. The van der Waals surface area contributed by atoms with Gasteiger partial charge >= 0.3 is 0 Å². The third kappa shape index (κ3) is 3.58. The Labute approximate surface area is 122 Å². The van der Waals surface area contributed by atoms with Crippen molar-refractivity contribution in [1.82, 2.24) is 14.7 Å². The molecule has 0 aliphatic heterocycles. The molecule has 1 fully saturated rings. The van der Waals surface area contributed by atoms with Crippen molar-refractivity contribution < 1.29 is 15.3 Å². The molecular weight excluding hydrogens is 270 g/mol. The Morgan fingerprint density at radius 2 is 0.684 bits per heavy atom. The SMILES string of the molecule is CN(C)C1C(O)C(N(C)C)C(O)C(N(C)C)C1O.Cl. The highest BCUT2D eigenvalue weighted by atomic mass is 35.5. The molecule has 19 heavy (non-hydrogen) atoms. The highest BCUT2D eigenvalue weighted by molar-refractivity contribution is 5.85.